The van der Waals surface area contributed by atoms with Gasteiger partial charge in [-0.1, -0.05) is 30.3 Å². The van der Waals surface area contributed by atoms with E-state index in [1.807, 2.05) is 11.0 Å². The summed E-state index contributed by atoms with van der Waals surface area (Å²) in [5.41, 5.74) is 0.888. The van der Waals surface area contributed by atoms with Gasteiger partial charge in [0.2, 0.25) is 5.91 Å². The summed E-state index contributed by atoms with van der Waals surface area (Å²) in [5.74, 6) is -0.854. The Bertz CT molecular complexity index is 730. The van der Waals surface area contributed by atoms with Crippen molar-refractivity contribution in [2.45, 2.75) is 6.54 Å². The quantitative estimate of drug-likeness (QED) is 0.905. The molecule has 0 radical (unpaired) electrons. The molecule has 1 amide bonds. The summed E-state index contributed by atoms with van der Waals surface area (Å²) in [5, 5.41) is 2.60. The number of rotatable bonds is 5. The summed E-state index contributed by atoms with van der Waals surface area (Å²) in [4.78, 5) is 16.3. The number of nitrogens with zero attached hydrogens (tertiary/aromatic N) is 2. The number of para-hydroxylation sites is 1. The van der Waals surface area contributed by atoms with E-state index in [0.717, 1.165) is 26.2 Å². The standard InChI is InChI=1S/C19H21F2N3O/c20-16-6-2-1-5-15(16)13-23-9-11-24(12-10-23)14-19(25)22-18-8-4-3-7-17(18)21/h1-8H,9-14H2,(H,22,25). The number of amides is 1. The van der Waals surface area contributed by atoms with Crippen molar-refractivity contribution >= 4 is 11.6 Å². The van der Waals surface area contributed by atoms with E-state index < -0.39 is 5.82 Å². The molecule has 1 N–H and O–H groups in total. The first kappa shape index (κ1) is 17.5. The van der Waals surface area contributed by atoms with Crippen molar-refractivity contribution in [1.29, 1.82) is 0 Å². The minimum Gasteiger partial charge on any atom is -0.322 e. The maximum Gasteiger partial charge on any atom is 0.238 e. The Hall–Kier alpha value is -2.31. The molecule has 3 rings (SSSR count). The molecule has 0 aliphatic carbocycles. The van der Waals surface area contributed by atoms with Gasteiger partial charge in [-0.25, -0.2) is 8.78 Å². The number of anilines is 1. The molecule has 0 unspecified atom stereocenters. The summed E-state index contributed by atoms with van der Waals surface area (Å²) >= 11 is 0. The van der Waals surface area contributed by atoms with Gasteiger partial charge < -0.3 is 5.32 Å². The van der Waals surface area contributed by atoms with Crippen LogP contribution in [0.2, 0.25) is 0 Å². The second kappa shape index (κ2) is 8.18. The largest absolute Gasteiger partial charge is 0.322 e. The van der Waals surface area contributed by atoms with Crippen molar-refractivity contribution < 1.29 is 13.6 Å². The number of halogens is 2. The maximum absolute atomic E-state index is 13.7. The van der Waals surface area contributed by atoms with Gasteiger partial charge in [0.25, 0.3) is 0 Å². The second-order valence-corrected chi connectivity index (χ2v) is 6.17. The number of carbonyl (C=O) groups is 1. The molecule has 1 saturated heterocycles. The SMILES string of the molecule is O=C(CN1CCN(Cc2ccccc2F)CC1)Nc1ccccc1F. The molecular formula is C19H21F2N3O. The molecule has 1 heterocycles. The van der Waals surface area contributed by atoms with E-state index in [0.29, 0.717) is 12.1 Å². The van der Waals surface area contributed by atoms with Crippen LogP contribution >= 0.6 is 0 Å². The van der Waals surface area contributed by atoms with E-state index in [4.69, 9.17) is 0 Å². The van der Waals surface area contributed by atoms with E-state index >= 15 is 0 Å². The molecule has 2 aromatic rings. The lowest BCUT2D eigenvalue weighted by molar-refractivity contribution is -0.117. The van der Waals surface area contributed by atoms with Gasteiger partial charge in [-0.2, -0.15) is 0 Å². The molecule has 1 aliphatic heterocycles. The Morgan fingerprint density at radius 1 is 0.880 bits per heavy atom. The number of hydrogen-bond donors (Lipinski definition) is 1. The van der Waals surface area contributed by atoms with Gasteiger partial charge >= 0.3 is 0 Å². The normalized spacial score (nSPS) is 15.9. The Morgan fingerprint density at radius 2 is 1.48 bits per heavy atom. The highest BCUT2D eigenvalue weighted by atomic mass is 19.1. The van der Waals surface area contributed by atoms with Gasteiger partial charge in [0, 0.05) is 38.3 Å². The van der Waals surface area contributed by atoms with Crippen LogP contribution in [0.15, 0.2) is 48.5 Å². The lowest BCUT2D eigenvalue weighted by Gasteiger charge is -2.34. The third-order valence-corrected chi connectivity index (χ3v) is 4.33. The van der Waals surface area contributed by atoms with E-state index in [-0.39, 0.29) is 24.0 Å². The topological polar surface area (TPSA) is 35.6 Å². The summed E-state index contributed by atoms with van der Waals surface area (Å²) in [6, 6.07) is 12.9. The molecule has 4 nitrogen and oxygen atoms in total. The lowest BCUT2D eigenvalue weighted by atomic mass is 10.2. The van der Waals surface area contributed by atoms with Crippen molar-refractivity contribution in [3.63, 3.8) is 0 Å². The van der Waals surface area contributed by atoms with Crippen LogP contribution in [0.25, 0.3) is 0 Å². The van der Waals surface area contributed by atoms with Gasteiger partial charge in [-0.3, -0.25) is 14.6 Å². The molecular weight excluding hydrogens is 324 g/mol. The number of hydrogen-bond acceptors (Lipinski definition) is 3. The van der Waals surface area contributed by atoms with Crippen molar-refractivity contribution in [3.05, 3.63) is 65.7 Å². The van der Waals surface area contributed by atoms with Crippen molar-refractivity contribution in [2.24, 2.45) is 0 Å². The monoisotopic (exact) mass is 345 g/mol. The predicted octanol–water partition coefficient (Wildman–Crippen LogP) is 2.72. The first-order chi connectivity index (χ1) is 12.1. The fraction of sp³-hybridized carbons (Fsp3) is 0.316. The first-order valence-electron chi connectivity index (χ1n) is 8.34. The van der Waals surface area contributed by atoms with Gasteiger partial charge in [-0.05, 0) is 18.2 Å². The molecule has 1 aliphatic rings. The van der Waals surface area contributed by atoms with Crippen LogP contribution in [0.3, 0.4) is 0 Å². The van der Waals surface area contributed by atoms with Crippen LogP contribution in [-0.2, 0) is 11.3 Å². The Labute approximate surface area is 146 Å². The van der Waals surface area contributed by atoms with Crippen molar-refractivity contribution in [3.8, 4) is 0 Å². The maximum atomic E-state index is 13.7. The van der Waals surface area contributed by atoms with Crippen LogP contribution in [0, 0.1) is 11.6 Å². The van der Waals surface area contributed by atoms with E-state index in [1.54, 1.807) is 30.3 Å². The molecule has 0 bridgehead atoms. The average molecular weight is 345 g/mol. The Balaban J connectivity index is 1.45. The van der Waals surface area contributed by atoms with Crippen LogP contribution in [-0.4, -0.2) is 48.4 Å². The highest BCUT2D eigenvalue weighted by Crippen LogP contribution is 2.14. The van der Waals surface area contributed by atoms with Crippen molar-refractivity contribution in [2.75, 3.05) is 38.0 Å². The van der Waals surface area contributed by atoms with Crippen LogP contribution < -0.4 is 5.32 Å². The average Bonchev–Trinajstić information content (AvgIpc) is 2.61. The summed E-state index contributed by atoms with van der Waals surface area (Å²) in [6.45, 7) is 3.77. The zero-order valence-corrected chi connectivity index (χ0v) is 13.9. The van der Waals surface area contributed by atoms with Gasteiger partial charge in [-0.15, -0.1) is 0 Å². The minimum absolute atomic E-state index is 0.186. The smallest absolute Gasteiger partial charge is 0.238 e. The molecule has 2 aromatic carbocycles. The highest BCUT2D eigenvalue weighted by molar-refractivity contribution is 5.92. The van der Waals surface area contributed by atoms with E-state index in [2.05, 4.69) is 10.2 Å². The summed E-state index contributed by atoms with van der Waals surface area (Å²) in [7, 11) is 0. The predicted molar refractivity (Wildman–Crippen MR) is 93.1 cm³/mol. The van der Waals surface area contributed by atoms with Crippen LogP contribution in [0.1, 0.15) is 5.56 Å². The Kier molecular flexibility index (Phi) is 5.73. The third-order valence-electron chi connectivity index (χ3n) is 4.33. The van der Waals surface area contributed by atoms with Gasteiger partial charge in [0.15, 0.2) is 0 Å². The fourth-order valence-corrected chi connectivity index (χ4v) is 2.93. The Morgan fingerprint density at radius 3 is 2.16 bits per heavy atom. The molecule has 1 fully saturated rings. The van der Waals surface area contributed by atoms with E-state index in [9.17, 15) is 13.6 Å². The number of nitrogens with one attached hydrogen (secondary N) is 1. The molecule has 0 saturated carbocycles. The summed E-state index contributed by atoms with van der Waals surface area (Å²) in [6.07, 6.45) is 0. The van der Waals surface area contributed by atoms with Crippen LogP contribution in [0.5, 0.6) is 0 Å². The lowest BCUT2D eigenvalue weighted by Crippen LogP contribution is -2.48. The minimum atomic E-state index is -0.439. The molecule has 132 valence electrons. The number of piperazine rings is 1. The van der Waals surface area contributed by atoms with E-state index in [1.165, 1.54) is 12.1 Å². The van der Waals surface area contributed by atoms with Crippen molar-refractivity contribution in [1.82, 2.24) is 9.80 Å². The molecule has 0 spiro atoms. The zero-order valence-electron chi connectivity index (χ0n) is 13.9. The highest BCUT2D eigenvalue weighted by Gasteiger charge is 2.20. The molecule has 6 heteroatoms. The van der Waals surface area contributed by atoms with Gasteiger partial charge in [0.05, 0.1) is 12.2 Å². The molecule has 0 aromatic heterocycles. The zero-order chi connectivity index (χ0) is 17.6. The fourth-order valence-electron chi connectivity index (χ4n) is 2.93. The first-order valence-corrected chi connectivity index (χ1v) is 8.34. The number of benzene rings is 2. The summed E-state index contributed by atoms with van der Waals surface area (Å²) < 4.78 is 27.3. The molecule has 0 atom stereocenters. The molecule has 25 heavy (non-hydrogen) atoms. The third kappa shape index (κ3) is 4.84. The van der Waals surface area contributed by atoms with Crippen LogP contribution in [0.4, 0.5) is 14.5 Å². The second-order valence-electron chi connectivity index (χ2n) is 6.17. The number of carbonyl (C=O) groups excluding carboxylic acids is 1. The van der Waals surface area contributed by atoms with Gasteiger partial charge in [0.1, 0.15) is 11.6 Å².